The van der Waals surface area contributed by atoms with E-state index < -0.39 is 0 Å². The Morgan fingerprint density at radius 1 is 1.23 bits per heavy atom. The first-order valence-corrected chi connectivity index (χ1v) is 7.94. The van der Waals surface area contributed by atoms with E-state index >= 15 is 0 Å². The van der Waals surface area contributed by atoms with Gasteiger partial charge in [-0.05, 0) is 24.6 Å². The van der Waals surface area contributed by atoms with Crippen molar-refractivity contribution in [3.05, 3.63) is 59.5 Å². The van der Waals surface area contributed by atoms with Crippen molar-refractivity contribution < 1.29 is 4.42 Å². The first-order valence-electron chi connectivity index (χ1n) is 7.94. The Morgan fingerprint density at radius 2 is 2.09 bits per heavy atom. The molecule has 2 aliphatic rings. The van der Waals surface area contributed by atoms with Crippen LogP contribution >= 0.6 is 0 Å². The average molecular weight is 295 g/mol. The molecular formula is C18H21N3O. The maximum absolute atomic E-state index is 5.82. The maximum atomic E-state index is 5.82. The van der Waals surface area contributed by atoms with Crippen LogP contribution in [0.2, 0.25) is 0 Å². The number of rotatable bonds is 3. The monoisotopic (exact) mass is 295 g/mol. The fourth-order valence-electron chi connectivity index (χ4n) is 3.48. The van der Waals surface area contributed by atoms with Crippen molar-refractivity contribution in [2.45, 2.75) is 25.9 Å². The molecule has 0 amide bonds. The molecule has 1 N–H and O–H groups in total. The van der Waals surface area contributed by atoms with Crippen molar-refractivity contribution >= 4 is 5.71 Å². The van der Waals surface area contributed by atoms with Crippen molar-refractivity contribution in [3.63, 3.8) is 0 Å². The molecule has 0 saturated carbocycles. The summed E-state index contributed by atoms with van der Waals surface area (Å²) in [7, 11) is 0. The third kappa shape index (κ3) is 2.55. The van der Waals surface area contributed by atoms with E-state index in [0.717, 1.165) is 37.6 Å². The second-order valence-corrected chi connectivity index (χ2v) is 6.24. The number of fused-ring (bicyclic) bond motifs is 1. The lowest BCUT2D eigenvalue weighted by molar-refractivity contribution is 0.212. The first-order chi connectivity index (χ1) is 10.8. The van der Waals surface area contributed by atoms with E-state index in [-0.39, 0.29) is 6.04 Å². The van der Waals surface area contributed by atoms with Gasteiger partial charge in [0.25, 0.3) is 0 Å². The predicted octanol–water partition coefficient (Wildman–Crippen LogP) is 3.11. The third-order valence-corrected chi connectivity index (χ3v) is 4.63. The molecule has 0 bridgehead atoms. The Bertz CT molecular complexity index is 677. The molecule has 4 heteroatoms. The van der Waals surface area contributed by atoms with E-state index in [9.17, 15) is 0 Å². The molecule has 0 radical (unpaired) electrons. The lowest BCUT2D eigenvalue weighted by Crippen LogP contribution is -2.41. The molecule has 114 valence electrons. The van der Waals surface area contributed by atoms with Crippen LogP contribution < -0.4 is 5.43 Å². The molecule has 22 heavy (non-hydrogen) atoms. The summed E-state index contributed by atoms with van der Waals surface area (Å²) in [5.41, 5.74) is 5.95. The lowest BCUT2D eigenvalue weighted by atomic mass is 9.89. The minimum Gasteiger partial charge on any atom is -0.464 e. The van der Waals surface area contributed by atoms with Gasteiger partial charge in [0.1, 0.15) is 17.6 Å². The van der Waals surface area contributed by atoms with E-state index in [0.29, 0.717) is 5.92 Å². The highest BCUT2D eigenvalue weighted by Crippen LogP contribution is 2.33. The molecule has 4 rings (SSSR count). The molecule has 1 aromatic carbocycles. The first kappa shape index (κ1) is 13.6. The van der Waals surface area contributed by atoms with Crippen molar-refractivity contribution in [1.82, 2.24) is 10.3 Å². The van der Waals surface area contributed by atoms with Gasteiger partial charge in [0.15, 0.2) is 0 Å². The Balaban J connectivity index is 1.48. The number of hydrogen-bond acceptors (Lipinski definition) is 4. The number of piperidine rings is 1. The molecule has 0 aliphatic carbocycles. The van der Waals surface area contributed by atoms with Gasteiger partial charge in [0, 0.05) is 37.7 Å². The largest absolute Gasteiger partial charge is 0.464 e. The topological polar surface area (TPSA) is 40.8 Å². The predicted molar refractivity (Wildman–Crippen MR) is 86.6 cm³/mol. The molecule has 3 heterocycles. The minimum absolute atomic E-state index is 0.183. The van der Waals surface area contributed by atoms with Crippen molar-refractivity contribution in [2.75, 3.05) is 13.1 Å². The highest BCUT2D eigenvalue weighted by molar-refractivity contribution is 5.89. The van der Waals surface area contributed by atoms with E-state index in [1.807, 2.05) is 13.0 Å². The highest BCUT2D eigenvalue weighted by atomic mass is 16.3. The zero-order chi connectivity index (χ0) is 14.9. The minimum atomic E-state index is 0.183. The molecule has 2 unspecified atom stereocenters. The van der Waals surface area contributed by atoms with Crippen LogP contribution in [-0.4, -0.2) is 23.7 Å². The Labute approximate surface area is 130 Å². The van der Waals surface area contributed by atoms with Crippen LogP contribution in [0.3, 0.4) is 0 Å². The third-order valence-electron chi connectivity index (χ3n) is 4.63. The molecule has 1 aromatic heterocycles. The highest BCUT2D eigenvalue weighted by Gasteiger charge is 2.38. The zero-order valence-electron chi connectivity index (χ0n) is 12.8. The van der Waals surface area contributed by atoms with Crippen molar-refractivity contribution in [3.8, 4) is 0 Å². The molecule has 2 aromatic rings. The quantitative estimate of drug-likeness (QED) is 0.946. The molecule has 2 aliphatic heterocycles. The maximum Gasteiger partial charge on any atom is 0.128 e. The number of aryl methyl sites for hydroxylation is 1. The lowest BCUT2D eigenvalue weighted by Gasteiger charge is -2.33. The second-order valence-electron chi connectivity index (χ2n) is 6.24. The van der Waals surface area contributed by atoms with Crippen LogP contribution in [0, 0.1) is 12.8 Å². The van der Waals surface area contributed by atoms with Gasteiger partial charge in [-0.15, -0.1) is 0 Å². The molecule has 2 atom stereocenters. The van der Waals surface area contributed by atoms with E-state index in [4.69, 9.17) is 4.42 Å². The van der Waals surface area contributed by atoms with Crippen LogP contribution in [0.15, 0.2) is 52.0 Å². The van der Waals surface area contributed by atoms with Crippen LogP contribution in [0.1, 0.15) is 29.5 Å². The molecular weight excluding hydrogens is 274 g/mol. The molecule has 1 saturated heterocycles. The number of hydrazone groups is 1. The van der Waals surface area contributed by atoms with Crippen LogP contribution in [0.5, 0.6) is 0 Å². The number of nitrogens with zero attached hydrogens (tertiary/aromatic N) is 2. The molecule has 1 fully saturated rings. The summed E-state index contributed by atoms with van der Waals surface area (Å²) in [6.45, 7) is 5.11. The van der Waals surface area contributed by atoms with Gasteiger partial charge in [-0.3, -0.25) is 10.3 Å². The number of benzene rings is 1. The van der Waals surface area contributed by atoms with E-state index in [1.165, 1.54) is 11.3 Å². The number of hydrogen-bond donors (Lipinski definition) is 1. The summed E-state index contributed by atoms with van der Waals surface area (Å²) in [5.74, 6) is 2.38. The second kappa shape index (κ2) is 5.61. The molecule has 4 nitrogen and oxygen atoms in total. The van der Waals surface area contributed by atoms with Gasteiger partial charge in [-0.2, -0.15) is 5.10 Å². The SMILES string of the molecule is Cc1ccc(C2NN=C3CCN(Cc4ccccc4)CC32)o1. The van der Waals surface area contributed by atoms with Crippen LogP contribution in [-0.2, 0) is 6.54 Å². The smallest absolute Gasteiger partial charge is 0.128 e. The number of furan rings is 1. The van der Waals surface area contributed by atoms with Gasteiger partial charge >= 0.3 is 0 Å². The zero-order valence-corrected chi connectivity index (χ0v) is 12.8. The number of nitrogens with one attached hydrogen (secondary N) is 1. The normalized spacial score (nSPS) is 24.7. The summed E-state index contributed by atoms with van der Waals surface area (Å²) in [6.07, 6.45) is 1.04. The fraction of sp³-hybridized carbons (Fsp3) is 0.389. The van der Waals surface area contributed by atoms with Gasteiger partial charge in [-0.1, -0.05) is 30.3 Å². The van der Waals surface area contributed by atoms with E-state index in [1.54, 1.807) is 0 Å². The standard InChI is InChI=1S/C18H21N3O/c1-13-7-8-17(22-13)18-15-12-21(10-9-16(15)19-20-18)11-14-5-3-2-4-6-14/h2-8,15,18,20H,9-12H2,1H3. The summed E-state index contributed by atoms with van der Waals surface area (Å²) in [5, 5.41) is 4.55. The number of likely N-dealkylation sites (tertiary alicyclic amines) is 1. The van der Waals surface area contributed by atoms with Gasteiger partial charge < -0.3 is 4.42 Å². The average Bonchev–Trinajstić information content (AvgIpc) is 3.14. The van der Waals surface area contributed by atoms with Crippen molar-refractivity contribution in [1.29, 1.82) is 0 Å². The Kier molecular flexibility index (Phi) is 3.47. The van der Waals surface area contributed by atoms with Gasteiger partial charge in [-0.25, -0.2) is 0 Å². The Morgan fingerprint density at radius 3 is 2.86 bits per heavy atom. The van der Waals surface area contributed by atoms with Gasteiger partial charge in [0.2, 0.25) is 0 Å². The Hall–Kier alpha value is -2.07. The summed E-state index contributed by atoms with van der Waals surface area (Å²) in [6, 6.07) is 15.0. The summed E-state index contributed by atoms with van der Waals surface area (Å²) in [4.78, 5) is 2.52. The van der Waals surface area contributed by atoms with Crippen LogP contribution in [0.4, 0.5) is 0 Å². The van der Waals surface area contributed by atoms with Crippen LogP contribution in [0.25, 0.3) is 0 Å². The summed E-state index contributed by atoms with van der Waals surface area (Å²) < 4.78 is 5.82. The van der Waals surface area contributed by atoms with E-state index in [2.05, 4.69) is 51.8 Å². The molecule has 0 spiro atoms. The van der Waals surface area contributed by atoms with Gasteiger partial charge in [0.05, 0.1) is 0 Å². The summed E-state index contributed by atoms with van der Waals surface area (Å²) >= 11 is 0. The van der Waals surface area contributed by atoms with Crippen molar-refractivity contribution in [2.24, 2.45) is 11.0 Å². The fourth-order valence-corrected chi connectivity index (χ4v) is 3.48.